The Hall–Kier alpha value is -0.530. The molecule has 0 rings (SSSR count). The van der Waals surface area contributed by atoms with E-state index in [-0.39, 0.29) is 24.5 Å². The van der Waals surface area contributed by atoms with Crippen LogP contribution in [0.25, 0.3) is 0 Å². The van der Waals surface area contributed by atoms with Crippen molar-refractivity contribution in [3.63, 3.8) is 0 Å². The molecule has 19 heavy (non-hydrogen) atoms. The van der Waals surface area contributed by atoms with Crippen LogP contribution in [0.5, 0.6) is 0 Å². The van der Waals surface area contributed by atoms with Crippen molar-refractivity contribution in [2.75, 3.05) is 5.75 Å². The molecule has 0 radical (unpaired) electrons. The Morgan fingerprint density at radius 1 is 1.16 bits per heavy atom. The van der Waals surface area contributed by atoms with Gasteiger partial charge < -0.3 is 5.11 Å². The van der Waals surface area contributed by atoms with E-state index < -0.39 is 29.7 Å². The summed E-state index contributed by atoms with van der Waals surface area (Å²) in [6.45, 7) is 3.42. The predicted octanol–water partition coefficient (Wildman–Crippen LogP) is 4.20. The van der Waals surface area contributed by atoms with Crippen molar-refractivity contribution in [1.82, 2.24) is 0 Å². The minimum Gasteiger partial charge on any atom is -0.480 e. The van der Waals surface area contributed by atoms with E-state index in [0.29, 0.717) is 0 Å². The van der Waals surface area contributed by atoms with Crippen LogP contribution in [-0.4, -0.2) is 34.2 Å². The van der Waals surface area contributed by atoms with Crippen molar-refractivity contribution in [2.24, 2.45) is 5.92 Å². The Kier molecular flexibility index (Phi) is 7.10. The molecule has 1 atom stereocenters. The molecule has 0 bridgehead atoms. The van der Waals surface area contributed by atoms with Crippen LogP contribution in [0.4, 0.5) is 22.0 Å². The average Bonchev–Trinajstić information content (AvgIpc) is 2.20. The van der Waals surface area contributed by atoms with E-state index in [1.165, 1.54) is 0 Å². The summed E-state index contributed by atoms with van der Waals surface area (Å²) in [5.74, 6) is -5.54. The van der Waals surface area contributed by atoms with Crippen molar-refractivity contribution >= 4 is 17.7 Å². The van der Waals surface area contributed by atoms with Gasteiger partial charge in [0.05, 0.1) is 0 Å². The number of hydrogen-bond donors (Lipinski definition) is 1. The maximum atomic E-state index is 12.5. The van der Waals surface area contributed by atoms with Crippen molar-refractivity contribution in [3.8, 4) is 0 Å². The molecule has 1 unspecified atom stereocenters. The third kappa shape index (κ3) is 6.44. The van der Waals surface area contributed by atoms with Gasteiger partial charge in [0.15, 0.2) is 0 Å². The maximum absolute atomic E-state index is 12.5. The Morgan fingerprint density at radius 2 is 1.68 bits per heavy atom. The summed E-state index contributed by atoms with van der Waals surface area (Å²) >= 11 is 1.07. The lowest BCUT2D eigenvalue weighted by molar-refractivity contribution is -0.284. The molecule has 8 heteroatoms. The van der Waals surface area contributed by atoms with E-state index >= 15 is 0 Å². The van der Waals surface area contributed by atoms with Gasteiger partial charge >= 0.3 is 18.1 Å². The fraction of sp³-hybridized carbons (Fsp3) is 0.909. The van der Waals surface area contributed by atoms with Gasteiger partial charge in [0.2, 0.25) is 0 Å². The van der Waals surface area contributed by atoms with Gasteiger partial charge in [-0.25, -0.2) is 0 Å². The normalized spacial score (nSPS) is 14.7. The van der Waals surface area contributed by atoms with Crippen LogP contribution in [0.3, 0.4) is 0 Å². The van der Waals surface area contributed by atoms with Gasteiger partial charge in [-0.2, -0.15) is 22.0 Å². The SMILES string of the molecule is CC(C)C(SCCCCC(F)(F)C(F)(F)F)C(=O)O. The van der Waals surface area contributed by atoms with Crippen LogP contribution in [0.2, 0.25) is 0 Å². The first kappa shape index (κ1) is 18.5. The molecule has 0 saturated carbocycles. The lowest BCUT2D eigenvalue weighted by atomic mass is 10.1. The first-order valence-electron chi connectivity index (χ1n) is 5.78. The number of carboxylic acids is 1. The quantitative estimate of drug-likeness (QED) is 0.539. The standard InChI is InChI=1S/C11H17F5O2S/c1-7(2)8(9(17)18)19-6-4-3-5-10(12,13)11(14,15)16/h7-8H,3-6H2,1-2H3,(H,17,18). The summed E-state index contributed by atoms with van der Waals surface area (Å²) in [5.41, 5.74) is 0. The van der Waals surface area contributed by atoms with Crippen LogP contribution < -0.4 is 0 Å². The molecule has 0 aromatic heterocycles. The van der Waals surface area contributed by atoms with Crippen LogP contribution >= 0.6 is 11.8 Å². The predicted molar refractivity (Wildman–Crippen MR) is 63.6 cm³/mol. The minimum atomic E-state index is -5.51. The molecule has 0 fully saturated rings. The molecule has 2 nitrogen and oxygen atoms in total. The van der Waals surface area contributed by atoms with Crippen LogP contribution in [0.15, 0.2) is 0 Å². The van der Waals surface area contributed by atoms with Crippen LogP contribution in [-0.2, 0) is 4.79 Å². The van der Waals surface area contributed by atoms with E-state index in [1.54, 1.807) is 13.8 Å². The first-order valence-corrected chi connectivity index (χ1v) is 6.83. The highest BCUT2D eigenvalue weighted by Gasteiger charge is 2.56. The molecular weight excluding hydrogens is 291 g/mol. The first-order chi connectivity index (χ1) is 8.49. The largest absolute Gasteiger partial charge is 0.480 e. The summed E-state index contributed by atoms with van der Waals surface area (Å²) in [7, 11) is 0. The fourth-order valence-corrected chi connectivity index (χ4v) is 2.50. The zero-order chi connectivity index (χ0) is 15.3. The van der Waals surface area contributed by atoms with Gasteiger partial charge in [0, 0.05) is 6.42 Å². The molecule has 0 aliphatic heterocycles. The number of alkyl halides is 5. The van der Waals surface area contributed by atoms with Gasteiger partial charge in [0.25, 0.3) is 0 Å². The third-order valence-electron chi connectivity index (χ3n) is 2.45. The molecule has 0 aliphatic carbocycles. The molecule has 0 aliphatic rings. The van der Waals surface area contributed by atoms with Crippen molar-refractivity contribution in [2.45, 2.75) is 50.5 Å². The van der Waals surface area contributed by atoms with Gasteiger partial charge in [-0.05, 0) is 24.5 Å². The number of carboxylic acid groups (broad SMARTS) is 1. The molecule has 0 spiro atoms. The summed E-state index contributed by atoms with van der Waals surface area (Å²) in [5, 5.41) is 8.18. The topological polar surface area (TPSA) is 37.3 Å². The molecule has 0 aromatic carbocycles. The zero-order valence-electron chi connectivity index (χ0n) is 10.6. The average molecular weight is 308 g/mol. The van der Waals surface area contributed by atoms with Gasteiger partial charge in [-0.1, -0.05) is 13.8 Å². The van der Waals surface area contributed by atoms with Crippen LogP contribution in [0.1, 0.15) is 33.1 Å². The number of hydrogen-bond acceptors (Lipinski definition) is 2. The summed E-state index contributed by atoms with van der Waals surface area (Å²) in [6.07, 6.45) is -6.92. The van der Waals surface area contributed by atoms with E-state index in [1.807, 2.05) is 0 Å². The van der Waals surface area contributed by atoms with Gasteiger partial charge in [0.1, 0.15) is 5.25 Å². The van der Waals surface area contributed by atoms with E-state index in [9.17, 15) is 26.7 Å². The van der Waals surface area contributed by atoms with Gasteiger partial charge in [-0.15, -0.1) is 11.8 Å². The van der Waals surface area contributed by atoms with Crippen molar-refractivity contribution < 1.29 is 31.9 Å². The molecule has 0 saturated heterocycles. The number of unbranched alkanes of at least 4 members (excludes halogenated alkanes) is 1. The monoisotopic (exact) mass is 308 g/mol. The Bertz CT molecular complexity index is 291. The molecule has 114 valence electrons. The van der Waals surface area contributed by atoms with Gasteiger partial charge in [-0.3, -0.25) is 4.79 Å². The third-order valence-corrected chi connectivity index (χ3v) is 4.08. The second kappa shape index (κ2) is 7.31. The second-order valence-corrected chi connectivity index (χ2v) is 5.78. The van der Waals surface area contributed by atoms with E-state index in [2.05, 4.69) is 0 Å². The lowest BCUT2D eigenvalue weighted by Gasteiger charge is -2.19. The Balaban J connectivity index is 3.97. The Labute approximate surface area is 112 Å². The Morgan fingerprint density at radius 3 is 2.05 bits per heavy atom. The molecule has 1 N–H and O–H groups in total. The number of rotatable bonds is 8. The number of aliphatic carboxylic acids is 1. The summed E-state index contributed by atoms with van der Waals surface area (Å²) < 4.78 is 60.6. The minimum absolute atomic E-state index is 0.126. The second-order valence-electron chi connectivity index (χ2n) is 4.53. The summed E-state index contributed by atoms with van der Waals surface area (Å²) in [4.78, 5) is 10.8. The lowest BCUT2D eigenvalue weighted by Crippen LogP contribution is -2.36. The highest BCUT2D eigenvalue weighted by atomic mass is 32.2. The molecule has 0 amide bonds. The smallest absolute Gasteiger partial charge is 0.453 e. The van der Waals surface area contributed by atoms with Crippen molar-refractivity contribution in [1.29, 1.82) is 0 Å². The number of carbonyl (C=O) groups is 1. The highest BCUT2D eigenvalue weighted by Crippen LogP contribution is 2.39. The zero-order valence-corrected chi connectivity index (χ0v) is 11.5. The molecule has 0 heterocycles. The summed E-state index contributed by atoms with van der Waals surface area (Å²) in [6, 6.07) is 0. The molecule has 0 aromatic rings. The molecular formula is C11H17F5O2S. The van der Waals surface area contributed by atoms with E-state index in [4.69, 9.17) is 5.11 Å². The fourth-order valence-electron chi connectivity index (χ4n) is 1.35. The number of halogens is 5. The highest BCUT2D eigenvalue weighted by molar-refractivity contribution is 8.00. The van der Waals surface area contributed by atoms with E-state index in [0.717, 1.165) is 11.8 Å². The number of thioether (sulfide) groups is 1. The van der Waals surface area contributed by atoms with Crippen molar-refractivity contribution in [3.05, 3.63) is 0 Å². The maximum Gasteiger partial charge on any atom is 0.453 e. The van der Waals surface area contributed by atoms with Crippen LogP contribution in [0, 0.1) is 5.92 Å².